The van der Waals surface area contributed by atoms with E-state index in [0.29, 0.717) is 12.1 Å². The highest BCUT2D eigenvalue weighted by molar-refractivity contribution is 4.81. The monoisotopic (exact) mass is 155 g/mol. The summed E-state index contributed by atoms with van der Waals surface area (Å²) in [5.41, 5.74) is 5.73. The van der Waals surface area contributed by atoms with Gasteiger partial charge in [-0.1, -0.05) is 12.2 Å². The van der Waals surface area contributed by atoms with Gasteiger partial charge in [-0.2, -0.15) is 0 Å². The van der Waals surface area contributed by atoms with Crippen molar-refractivity contribution in [2.75, 3.05) is 6.61 Å². The van der Waals surface area contributed by atoms with Crippen molar-refractivity contribution in [1.82, 2.24) is 0 Å². The topological polar surface area (TPSA) is 35.2 Å². The number of rotatable bonds is 3. The number of hydrogen-bond donors (Lipinski definition) is 1. The van der Waals surface area contributed by atoms with Crippen LogP contribution < -0.4 is 5.73 Å². The molecular formula is C9H17NO. The molecule has 1 fully saturated rings. The van der Waals surface area contributed by atoms with Crippen LogP contribution in [0.15, 0.2) is 12.2 Å². The van der Waals surface area contributed by atoms with Gasteiger partial charge < -0.3 is 10.5 Å². The molecule has 1 aliphatic rings. The van der Waals surface area contributed by atoms with E-state index < -0.39 is 0 Å². The van der Waals surface area contributed by atoms with Crippen molar-refractivity contribution < 1.29 is 4.74 Å². The third kappa shape index (κ3) is 3.04. The molecule has 2 N–H and O–H groups in total. The maximum Gasteiger partial charge on any atom is 0.0651 e. The van der Waals surface area contributed by atoms with Gasteiger partial charge in [0.1, 0.15) is 0 Å². The third-order valence-electron chi connectivity index (χ3n) is 2.09. The van der Waals surface area contributed by atoms with E-state index in [9.17, 15) is 0 Å². The van der Waals surface area contributed by atoms with Gasteiger partial charge >= 0.3 is 0 Å². The molecule has 64 valence electrons. The second-order valence-corrected chi connectivity index (χ2v) is 3.10. The summed E-state index contributed by atoms with van der Waals surface area (Å²) < 4.78 is 5.55. The van der Waals surface area contributed by atoms with Crippen molar-refractivity contribution in [1.29, 1.82) is 0 Å². The minimum atomic E-state index is 0.380. The Balaban J connectivity index is 2.08. The van der Waals surface area contributed by atoms with Gasteiger partial charge in [0.2, 0.25) is 0 Å². The SMILES string of the molecule is CC=CCOC1CCC(N)C1. The van der Waals surface area contributed by atoms with Gasteiger partial charge in [0.15, 0.2) is 0 Å². The van der Waals surface area contributed by atoms with Gasteiger partial charge in [-0.15, -0.1) is 0 Å². The first-order valence-corrected chi connectivity index (χ1v) is 4.31. The molecule has 0 heterocycles. The Morgan fingerprint density at radius 2 is 2.36 bits per heavy atom. The van der Waals surface area contributed by atoms with E-state index in [2.05, 4.69) is 0 Å². The molecule has 1 rings (SSSR count). The maximum absolute atomic E-state index is 5.73. The van der Waals surface area contributed by atoms with Gasteiger partial charge in [-0.25, -0.2) is 0 Å². The molecular weight excluding hydrogens is 138 g/mol. The lowest BCUT2D eigenvalue weighted by molar-refractivity contribution is 0.0790. The predicted octanol–water partition coefficient (Wildman–Crippen LogP) is 1.46. The van der Waals surface area contributed by atoms with E-state index in [1.165, 1.54) is 0 Å². The van der Waals surface area contributed by atoms with Crippen LogP contribution >= 0.6 is 0 Å². The Hall–Kier alpha value is -0.340. The van der Waals surface area contributed by atoms with Crippen molar-refractivity contribution in [3.8, 4) is 0 Å². The summed E-state index contributed by atoms with van der Waals surface area (Å²) in [5, 5.41) is 0. The minimum Gasteiger partial charge on any atom is -0.374 e. The lowest BCUT2D eigenvalue weighted by Gasteiger charge is -2.08. The van der Waals surface area contributed by atoms with Gasteiger partial charge in [0, 0.05) is 6.04 Å². The molecule has 0 spiro atoms. The van der Waals surface area contributed by atoms with Crippen LogP contribution in [0.3, 0.4) is 0 Å². The second-order valence-electron chi connectivity index (χ2n) is 3.10. The zero-order valence-corrected chi connectivity index (χ0v) is 7.12. The Morgan fingerprint density at radius 3 is 2.91 bits per heavy atom. The highest BCUT2D eigenvalue weighted by Crippen LogP contribution is 2.19. The zero-order valence-electron chi connectivity index (χ0n) is 7.12. The summed E-state index contributed by atoms with van der Waals surface area (Å²) in [6.07, 6.45) is 7.76. The smallest absolute Gasteiger partial charge is 0.0651 e. The second kappa shape index (κ2) is 4.52. The fourth-order valence-corrected chi connectivity index (χ4v) is 1.41. The first-order valence-electron chi connectivity index (χ1n) is 4.31. The Kier molecular flexibility index (Phi) is 3.60. The van der Waals surface area contributed by atoms with E-state index in [0.717, 1.165) is 25.9 Å². The van der Waals surface area contributed by atoms with Crippen molar-refractivity contribution in [2.24, 2.45) is 5.73 Å². The van der Waals surface area contributed by atoms with E-state index in [1.54, 1.807) is 0 Å². The first-order chi connectivity index (χ1) is 5.33. The van der Waals surface area contributed by atoms with Crippen molar-refractivity contribution in [2.45, 2.75) is 38.3 Å². The van der Waals surface area contributed by atoms with Gasteiger partial charge in [0.05, 0.1) is 12.7 Å². The largest absolute Gasteiger partial charge is 0.374 e. The number of nitrogens with two attached hydrogens (primary N) is 1. The van der Waals surface area contributed by atoms with E-state index in [-0.39, 0.29) is 0 Å². The van der Waals surface area contributed by atoms with E-state index in [1.807, 2.05) is 19.1 Å². The molecule has 2 nitrogen and oxygen atoms in total. The molecule has 0 bridgehead atoms. The summed E-state index contributed by atoms with van der Waals surface area (Å²) in [5.74, 6) is 0. The van der Waals surface area contributed by atoms with Crippen LogP contribution in [-0.2, 0) is 4.74 Å². The van der Waals surface area contributed by atoms with Crippen LogP contribution in [-0.4, -0.2) is 18.8 Å². The van der Waals surface area contributed by atoms with E-state index >= 15 is 0 Å². The molecule has 0 radical (unpaired) electrons. The van der Waals surface area contributed by atoms with Crippen molar-refractivity contribution in [3.05, 3.63) is 12.2 Å². The third-order valence-corrected chi connectivity index (χ3v) is 2.09. The Labute approximate surface area is 68.4 Å². The molecule has 0 aromatic rings. The zero-order chi connectivity index (χ0) is 8.10. The molecule has 2 unspecified atom stereocenters. The summed E-state index contributed by atoms with van der Waals surface area (Å²) in [6, 6.07) is 0.380. The summed E-state index contributed by atoms with van der Waals surface area (Å²) in [4.78, 5) is 0. The molecule has 0 saturated heterocycles. The number of hydrogen-bond acceptors (Lipinski definition) is 2. The van der Waals surface area contributed by atoms with Crippen molar-refractivity contribution >= 4 is 0 Å². The summed E-state index contributed by atoms with van der Waals surface area (Å²) in [7, 11) is 0. The average Bonchev–Trinajstić information content (AvgIpc) is 2.37. The highest BCUT2D eigenvalue weighted by atomic mass is 16.5. The minimum absolute atomic E-state index is 0.380. The molecule has 2 atom stereocenters. The van der Waals surface area contributed by atoms with Crippen LogP contribution in [0.25, 0.3) is 0 Å². The molecule has 11 heavy (non-hydrogen) atoms. The quantitative estimate of drug-likeness (QED) is 0.626. The maximum atomic E-state index is 5.73. The van der Waals surface area contributed by atoms with Crippen LogP contribution in [0.4, 0.5) is 0 Å². The average molecular weight is 155 g/mol. The van der Waals surface area contributed by atoms with Gasteiger partial charge in [-0.3, -0.25) is 0 Å². The Morgan fingerprint density at radius 1 is 1.55 bits per heavy atom. The normalized spacial score (nSPS) is 31.8. The van der Waals surface area contributed by atoms with Crippen molar-refractivity contribution in [3.63, 3.8) is 0 Å². The lowest BCUT2D eigenvalue weighted by Crippen LogP contribution is -2.17. The van der Waals surface area contributed by atoms with Crippen LogP contribution in [0, 0.1) is 0 Å². The molecule has 0 aliphatic heterocycles. The van der Waals surface area contributed by atoms with Crippen LogP contribution in [0.2, 0.25) is 0 Å². The summed E-state index contributed by atoms with van der Waals surface area (Å²) in [6.45, 7) is 2.75. The molecule has 2 heteroatoms. The molecule has 1 saturated carbocycles. The van der Waals surface area contributed by atoms with Crippen LogP contribution in [0.5, 0.6) is 0 Å². The highest BCUT2D eigenvalue weighted by Gasteiger charge is 2.21. The fourth-order valence-electron chi connectivity index (χ4n) is 1.41. The molecule has 0 aromatic heterocycles. The molecule has 0 amide bonds. The molecule has 1 aliphatic carbocycles. The fraction of sp³-hybridized carbons (Fsp3) is 0.778. The molecule has 0 aromatic carbocycles. The number of allylic oxidation sites excluding steroid dienone is 1. The van der Waals surface area contributed by atoms with Gasteiger partial charge in [-0.05, 0) is 26.2 Å². The standard InChI is InChI=1S/C9H17NO/c1-2-3-6-11-9-5-4-8(10)7-9/h2-3,8-9H,4-7,10H2,1H3. The lowest BCUT2D eigenvalue weighted by atomic mass is 10.3. The van der Waals surface area contributed by atoms with Gasteiger partial charge in [0.25, 0.3) is 0 Å². The van der Waals surface area contributed by atoms with Crippen LogP contribution in [0.1, 0.15) is 26.2 Å². The predicted molar refractivity (Wildman–Crippen MR) is 46.4 cm³/mol. The number of ether oxygens (including phenoxy) is 1. The first kappa shape index (κ1) is 8.75. The van der Waals surface area contributed by atoms with E-state index in [4.69, 9.17) is 10.5 Å². The Bertz CT molecular complexity index is 134. The summed E-state index contributed by atoms with van der Waals surface area (Å²) >= 11 is 0.